The number of aromatic amines is 1. The van der Waals surface area contributed by atoms with Gasteiger partial charge in [0.25, 0.3) is 5.91 Å². The molecular weight excluding hydrogens is 513 g/mol. The van der Waals surface area contributed by atoms with Gasteiger partial charge in [0.2, 0.25) is 0 Å². The minimum absolute atomic E-state index is 0.277. The Hall–Kier alpha value is -3.18. The summed E-state index contributed by atoms with van der Waals surface area (Å²) in [6, 6.07) is 9.63. The first-order valence-corrected chi connectivity index (χ1v) is 13.7. The van der Waals surface area contributed by atoms with Crippen molar-refractivity contribution in [1.29, 1.82) is 0 Å². The second kappa shape index (κ2) is 9.53. The number of alkyl halides is 3. The van der Waals surface area contributed by atoms with Crippen LogP contribution in [-0.2, 0) is 13.0 Å². The minimum atomic E-state index is -4.23. The van der Waals surface area contributed by atoms with E-state index in [1.165, 1.54) is 11.9 Å². The molecule has 0 radical (unpaired) electrons. The summed E-state index contributed by atoms with van der Waals surface area (Å²) >= 11 is 1.10. The van der Waals surface area contributed by atoms with E-state index in [-0.39, 0.29) is 4.88 Å². The van der Waals surface area contributed by atoms with Crippen LogP contribution in [0, 0.1) is 5.41 Å². The van der Waals surface area contributed by atoms with Crippen molar-refractivity contribution >= 4 is 44.2 Å². The van der Waals surface area contributed by atoms with E-state index < -0.39 is 18.5 Å². The van der Waals surface area contributed by atoms with E-state index in [1.807, 2.05) is 6.07 Å². The number of nitrogens with zero attached hydrogens (tertiary/aromatic N) is 4. The predicted octanol–water partition coefficient (Wildman–Crippen LogP) is 5.26. The van der Waals surface area contributed by atoms with E-state index in [4.69, 9.17) is 5.73 Å². The van der Waals surface area contributed by atoms with Crippen molar-refractivity contribution in [1.82, 2.24) is 19.9 Å². The van der Waals surface area contributed by atoms with Gasteiger partial charge < -0.3 is 15.6 Å². The summed E-state index contributed by atoms with van der Waals surface area (Å²) in [4.78, 5) is 28.9. The fourth-order valence-corrected chi connectivity index (χ4v) is 6.99. The molecular formula is C27H29F3N6OS. The van der Waals surface area contributed by atoms with E-state index >= 15 is 0 Å². The molecule has 200 valence electrons. The molecule has 3 aromatic heterocycles. The second-order valence-electron chi connectivity index (χ2n) is 10.7. The molecule has 0 bridgehead atoms. The zero-order valence-electron chi connectivity index (χ0n) is 20.9. The van der Waals surface area contributed by atoms with Crippen LogP contribution in [0.25, 0.3) is 21.1 Å². The fourth-order valence-electron chi connectivity index (χ4n) is 5.97. The van der Waals surface area contributed by atoms with Gasteiger partial charge >= 0.3 is 6.18 Å². The van der Waals surface area contributed by atoms with Gasteiger partial charge in [-0.15, -0.1) is 11.3 Å². The number of piperidine rings is 2. The van der Waals surface area contributed by atoms with E-state index in [0.29, 0.717) is 15.9 Å². The maximum Gasteiger partial charge on any atom is 0.393 e. The van der Waals surface area contributed by atoms with Crippen LogP contribution in [0.5, 0.6) is 0 Å². The number of likely N-dealkylation sites (tertiary alicyclic amines) is 1. The number of halogens is 3. The molecule has 6 rings (SSSR count). The summed E-state index contributed by atoms with van der Waals surface area (Å²) < 4.78 is 38.7. The number of carbonyl (C=O) groups is 1. The van der Waals surface area contributed by atoms with Crippen LogP contribution in [0.15, 0.2) is 36.7 Å². The van der Waals surface area contributed by atoms with Gasteiger partial charge in [-0.3, -0.25) is 9.69 Å². The molecule has 3 N–H and O–H groups in total. The molecule has 38 heavy (non-hydrogen) atoms. The van der Waals surface area contributed by atoms with Crippen LogP contribution >= 0.6 is 11.3 Å². The molecule has 11 heteroatoms. The molecule has 2 fully saturated rings. The summed E-state index contributed by atoms with van der Waals surface area (Å²) in [5.74, 6) is 0.298. The summed E-state index contributed by atoms with van der Waals surface area (Å²) in [6.07, 6.45) is 0.667. The predicted molar refractivity (Wildman–Crippen MR) is 142 cm³/mol. The molecule has 2 aliphatic rings. The lowest BCUT2D eigenvalue weighted by atomic mass is 9.71. The third-order valence-corrected chi connectivity index (χ3v) is 9.18. The molecule has 1 amide bonds. The summed E-state index contributed by atoms with van der Waals surface area (Å²) in [7, 11) is 0. The number of H-pyrrole nitrogens is 1. The number of aromatic nitrogens is 3. The Morgan fingerprint density at radius 1 is 1.05 bits per heavy atom. The van der Waals surface area contributed by atoms with Crippen molar-refractivity contribution in [3.63, 3.8) is 0 Å². The van der Waals surface area contributed by atoms with Gasteiger partial charge in [-0.2, -0.15) is 13.2 Å². The molecule has 0 aliphatic carbocycles. The molecule has 0 atom stereocenters. The third-order valence-electron chi connectivity index (χ3n) is 8.13. The number of benzene rings is 1. The first-order chi connectivity index (χ1) is 18.2. The molecule has 2 aliphatic heterocycles. The quantitative estimate of drug-likeness (QED) is 0.359. The number of anilines is 1. The number of thiophene rings is 1. The molecule has 7 nitrogen and oxygen atoms in total. The van der Waals surface area contributed by atoms with Crippen molar-refractivity contribution in [3.8, 4) is 0 Å². The SMILES string of the molecule is NC(=O)c1cc2ccc(CN3CCC4(CC3)CCN(c3ncnc5sc(CC(F)(F)F)cc35)CC4)cc2[nH]1. The first-order valence-electron chi connectivity index (χ1n) is 12.9. The molecule has 0 unspecified atom stereocenters. The van der Waals surface area contributed by atoms with Gasteiger partial charge in [0.05, 0.1) is 11.8 Å². The molecule has 2 saturated heterocycles. The van der Waals surface area contributed by atoms with Crippen molar-refractivity contribution in [2.75, 3.05) is 31.1 Å². The standard InChI is InChI=1S/C27H29F3N6OS/c28-27(29,30)14-19-13-20-24(32-16-33-25(20)38-19)36-9-5-26(6-10-36)3-7-35(8-4-26)15-17-1-2-18-12-22(23(31)37)34-21(18)11-17/h1-2,11-13,16,34H,3-10,14-15H2,(H2,31,37). The first kappa shape index (κ1) is 25.1. The Balaban J connectivity index is 1.07. The van der Waals surface area contributed by atoms with Gasteiger partial charge in [-0.25, -0.2) is 9.97 Å². The lowest BCUT2D eigenvalue weighted by Crippen LogP contribution is -2.46. The Kier molecular flexibility index (Phi) is 6.30. The highest BCUT2D eigenvalue weighted by Crippen LogP contribution is 2.43. The fraction of sp³-hybridized carbons (Fsp3) is 0.444. The number of fused-ring (bicyclic) bond motifs is 2. The van der Waals surface area contributed by atoms with Crippen LogP contribution in [0.4, 0.5) is 19.0 Å². The summed E-state index contributed by atoms with van der Waals surface area (Å²) in [5.41, 5.74) is 8.25. The Bertz CT molecular complexity index is 1480. The molecule has 0 saturated carbocycles. The van der Waals surface area contributed by atoms with Crippen molar-refractivity contribution in [2.24, 2.45) is 11.1 Å². The number of rotatable bonds is 5. The number of nitrogens with one attached hydrogen (secondary N) is 1. The number of primary amides is 1. The van der Waals surface area contributed by atoms with Crippen LogP contribution in [0.1, 0.15) is 46.6 Å². The highest BCUT2D eigenvalue weighted by Gasteiger charge is 2.38. The molecule has 4 aromatic rings. The smallest absolute Gasteiger partial charge is 0.364 e. The van der Waals surface area contributed by atoms with E-state index in [1.54, 1.807) is 12.1 Å². The Morgan fingerprint density at radius 3 is 2.50 bits per heavy atom. The number of hydrogen-bond donors (Lipinski definition) is 2. The minimum Gasteiger partial charge on any atom is -0.364 e. The van der Waals surface area contributed by atoms with Gasteiger partial charge in [-0.1, -0.05) is 12.1 Å². The average Bonchev–Trinajstić information content (AvgIpc) is 3.48. The van der Waals surface area contributed by atoms with Crippen LogP contribution in [0.3, 0.4) is 0 Å². The highest BCUT2D eigenvalue weighted by molar-refractivity contribution is 7.18. The largest absolute Gasteiger partial charge is 0.393 e. The number of hydrogen-bond acceptors (Lipinski definition) is 6. The Labute approximate surface area is 221 Å². The summed E-state index contributed by atoms with van der Waals surface area (Å²) in [6.45, 7) is 4.61. The van der Waals surface area contributed by atoms with Crippen LogP contribution in [-0.4, -0.2) is 58.1 Å². The molecule has 5 heterocycles. The average molecular weight is 543 g/mol. The second-order valence-corrected chi connectivity index (χ2v) is 11.8. The summed E-state index contributed by atoms with van der Waals surface area (Å²) in [5, 5.41) is 1.71. The zero-order valence-corrected chi connectivity index (χ0v) is 21.7. The zero-order chi connectivity index (χ0) is 26.5. The van der Waals surface area contributed by atoms with E-state index in [0.717, 1.165) is 91.9 Å². The maximum atomic E-state index is 12.9. The number of amides is 1. The van der Waals surface area contributed by atoms with Crippen molar-refractivity contribution in [3.05, 3.63) is 52.8 Å². The topological polar surface area (TPSA) is 91.1 Å². The maximum absolute atomic E-state index is 12.9. The van der Waals surface area contributed by atoms with Crippen molar-refractivity contribution in [2.45, 2.75) is 44.8 Å². The van der Waals surface area contributed by atoms with E-state index in [9.17, 15) is 18.0 Å². The van der Waals surface area contributed by atoms with Gasteiger partial charge in [-0.05, 0) is 68.0 Å². The normalized spacial score (nSPS) is 18.6. The van der Waals surface area contributed by atoms with Gasteiger partial charge in [0, 0.05) is 35.4 Å². The van der Waals surface area contributed by atoms with Crippen LogP contribution < -0.4 is 10.6 Å². The lowest BCUT2D eigenvalue weighted by Gasteiger charge is -2.47. The molecule has 1 spiro atoms. The van der Waals surface area contributed by atoms with Crippen LogP contribution in [0.2, 0.25) is 0 Å². The lowest BCUT2D eigenvalue weighted by molar-refractivity contribution is -0.126. The van der Waals surface area contributed by atoms with Gasteiger partial charge in [0.15, 0.2) is 0 Å². The number of carbonyl (C=O) groups excluding carboxylic acids is 1. The van der Waals surface area contributed by atoms with E-state index in [2.05, 4.69) is 36.9 Å². The van der Waals surface area contributed by atoms with Crippen molar-refractivity contribution < 1.29 is 18.0 Å². The molecule has 1 aromatic carbocycles. The Morgan fingerprint density at radius 2 is 1.79 bits per heavy atom. The monoisotopic (exact) mass is 542 g/mol. The van der Waals surface area contributed by atoms with Gasteiger partial charge in [0.1, 0.15) is 22.7 Å². The third kappa shape index (κ3) is 5.09. The number of nitrogens with two attached hydrogens (primary N) is 1. The highest BCUT2D eigenvalue weighted by atomic mass is 32.1.